The molecule has 0 saturated carbocycles. The number of hydrogen-bond acceptors (Lipinski definition) is 5. The zero-order chi connectivity index (χ0) is 23.2. The molecule has 0 heterocycles. The topological polar surface area (TPSA) is 105 Å². The minimum Gasteiger partial charge on any atom is -0.497 e. The van der Waals surface area contributed by atoms with E-state index in [1.807, 2.05) is 13.8 Å². The van der Waals surface area contributed by atoms with Crippen molar-refractivity contribution in [3.63, 3.8) is 0 Å². The molecule has 2 aromatic rings. The summed E-state index contributed by atoms with van der Waals surface area (Å²) in [5.41, 5.74) is 0.941. The van der Waals surface area contributed by atoms with Gasteiger partial charge in [0.2, 0.25) is 15.9 Å². The van der Waals surface area contributed by atoms with Gasteiger partial charge < -0.3 is 15.4 Å². The molecule has 0 aromatic heterocycles. The lowest BCUT2D eigenvalue weighted by Crippen LogP contribution is -2.45. The van der Waals surface area contributed by atoms with E-state index in [1.54, 1.807) is 48.5 Å². The van der Waals surface area contributed by atoms with Gasteiger partial charge in [0.05, 0.1) is 30.3 Å². The van der Waals surface area contributed by atoms with Gasteiger partial charge in [-0.3, -0.25) is 13.9 Å². The molecule has 2 N–H and O–H groups in total. The first kappa shape index (κ1) is 24.2. The fourth-order valence-electron chi connectivity index (χ4n) is 2.97. The second kappa shape index (κ2) is 10.3. The molecule has 0 saturated heterocycles. The van der Waals surface area contributed by atoms with Crippen LogP contribution in [0.1, 0.15) is 37.6 Å². The molecule has 0 aliphatic carbocycles. The van der Waals surface area contributed by atoms with Crippen molar-refractivity contribution in [1.29, 1.82) is 0 Å². The Kier molecular flexibility index (Phi) is 8.04. The highest BCUT2D eigenvalue weighted by atomic mass is 32.2. The molecule has 0 unspecified atom stereocenters. The number of ether oxygens (including phenoxy) is 1. The zero-order valence-electron chi connectivity index (χ0n) is 18.4. The summed E-state index contributed by atoms with van der Waals surface area (Å²) in [7, 11) is -2.26. The largest absolute Gasteiger partial charge is 0.497 e. The van der Waals surface area contributed by atoms with E-state index in [-0.39, 0.29) is 11.9 Å². The standard InChI is InChI=1S/C22H29N3O5S/c1-6-15(2)23-22(27)19-9-7-8-10-20(19)24-21(26)16(3)25(31(5,28)29)17-11-13-18(30-4)14-12-17/h7-16H,6H2,1-5H3,(H,23,27)(H,24,26)/t15-,16+/m0/s1. The van der Waals surface area contributed by atoms with Crippen LogP contribution in [0.25, 0.3) is 0 Å². The van der Waals surface area contributed by atoms with Crippen LogP contribution in [0, 0.1) is 0 Å². The van der Waals surface area contributed by atoms with Crippen LogP contribution >= 0.6 is 0 Å². The molecule has 0 aliphatic heterocycles. The number of nitrogens with zero attached hydrogens (tertiary/aromatic N) is 1. The molecule has 0 bridgehead atoms. The Morgan fingerprint density at radius 3 is 2.23 bits per heavy atom. The van der Waals surface area contributed by atoms with Crippen LogP contribution in [0.4, 0.5) is 11.4 Å². The average Bonchev–Trinajstić information content (AvgIpc) is 2.73. The number of para-hydroxylation sites is 1. The molecule has 2 aromatic carbocycles. The Bertz CT molecular complexity index is 1020. The third-order valence-corrected chi connectivity index (χ3v) is 6.08. The molecular weight excluding hydrogens is 418 g/mol. The number of anilines is 2. The number of amides is 2. The van der Waals surface area contributed by atoms with Gasteiger partial charge in [0.25, 0.3) is 5.91 Å². The normalized spacial score (nSPS) is 13.1. The highest BCUT2D eigenvalue weighted by Crippen LogP contribution is 2.25. The molecule has 2 rings (SSSR count). The molecule has 0 spiro atoms. The van der Waals surface area contributed by atoms with Gasteiger partial charge in [-0.25, -0.2) is 8.42 Å². The number of benzene rings is 2. The van der Waals surface area contributed by atoms with Crippen molar-refractivity contribution in [2.24, 2.45) is 0 Å². The van der Waals surface area contributed by atoms with Crippen LogP contribution in [0.15, 0.2) is 48.5 Å². The van der Waals surface area contributed by atoms with Crippen LogP contribution < -0.4 is 19.7 Å². The maximum atomic E-state index is 13.0. The molecule has 2 amide bonds. The monoisotopic (exact) mass is 447 g/mol. The molecule has 0 aliphatic rings. The Hall–Kier alpha value is -3.07. The van der Waals surface area contributed by atoms with E-state index >= 15 is 0 Å². The molecule has 168 valence electrons. The third-order valence-electron chi connectivity index (χ3n) is 4.83. The Labute approximate surface area is 183 Å². The first-order chi connectivity index (χ1) is 14.6. The summed E-state index contributed by atoms with van der Waals surface area (Å²) in [6.45, 7) is 5.34. The van der Waals surface area contributed by atoms with E-state index in [0.29, 0.717) is 22.7 Å². The van der Waals surface area contributed by atoms with Crippen molar-refractivity contribution >= 4 is 33.2 Å². The van der Waals surface area contributed by atoms with Gasteiger partial charge in [-0.05, 0) is 56.7 Å². The summed E-state index contributed by atoms with van der Waals surface area (Å²) in [6.07, 6.45) is 1.80. The van der Waals surface area contributed by atoms with Crippen LogP contribution in [-0.2, 0) is 14.8 Å². The molecule has 0 radical (unpaired) electrons. The van der Waals surface area contributed by atoms with Crippen molar-refractivity contribution in [2.75, 3.05) is 23.0 Å². The summed E-state index contributed by atoms with van der Waals surface area (Å²) in [4.78, 5) is 25.6. The highest BCUT2D eigenvalue weighted by molar-refractivity contribution is 7.92. The van der Waals surface area contributed by atoms with Crippen LogP contribution in [0.3, 0.4) is 0 Å². The van der Waals surface area contributed by atoms with Gasteiger partial charge in [0.15, 0.2) is 0 Å². The summed E-state index contributed by atoms with van der Waals surface area (Å²) >= 11 is 0. The fraction of sp³-hybridized carbons (Fsp3) is 0.364. The number of carbonyl (C=O) groups excluding carboxylic acids is 2. The summed E-state index contributed by atoms with van der Waals surface area (Å²) in [6, 6.07) is 11.9. The van der Waals surface area contributed by atoms with E-state index in [9.17, 15) is 18.0 Å². The number of rotatable bonds is 9. The molecule has 0 fully saturated rings. The molecule has 31 heavy (non-hydrogen) atoms. The number of methoxy groups -OCH3 is 1. The van der Waals surface area contributed by atoms with Crippen molar-refractivity contribution in [3.05, 3.63) is 54.1 Å². The van der Waals surface area contributed by atoms with Crippen LogP contribution in [-0.4, -0.2) is 45.7 Å². The quantitative estimate of drug-likeness (QED) is 0.615. The maximum Gasteiger partial charge on any atom is 0.253 e. The van der Waals surface area contributed by atoms with E-state index < -0.39 is 22.0 Å². The second-order valence-electron chi connectivity index (χ2n) is 7.25. The summed E-state index contributed by atoms with van der Waals surface area (Å²) < 4.78 is 31.1. The molecular formula is C22H29N3O5S. The summed E-state index contributed by atoms with van der Waals surface area (Å²) in [5, 5.41) is 5.56. The first-order valence-corrected chi connectivity index (χ1v) is 11.8. The number of carbonyl (C=O) groups is 2. The zero-order valence-corrected chi connectivity index (χ0v) is 19.2. The smallest absolute Gasteiger partial charge is 0.253 e. The lowest BCUT2D eigenvalue weighted by molar-refractivity contribution is -0.116. The Morgan fingerprint density at radius 2 is 1.68 bits per heavy atom. The number of nitrogens with one attached hydrogen (secondary N) is 2. The lowest BCUT2D eigenvalue weighted by Gasteiger charge is -2.28. The van der Waals surface area contributed by atoms with Gasteiger partial charge in [-0.15, -0.1) is 0 Å². The van der Waals surface area contributed by atoms with E-state index in [4.69, 9.17) is 4.74 Å². The minimum absolute atomic E-state index is 0.0222. The third kappa shape index (κ3) is 6.21. The van der Waals surface area contributed by atoms with Crippen molar-refractivity contribution in [3.8, 4) is 5.75 Å². The van der Waals surface area contributed by atoms with Gasteiger partial charge in [-0.2, -0.15) is 0 Å². The number of sulfonamides is 1. The highest BCUT2D eigenvalue weighted by Gasteiger charge is 2.30. The van der Waals surface area contributed by atoms with E-state index in [1.165, 1.54) is 14.0 Å². The summed E-state index contributed by atoms with van der Waals surface area (Å²) in [5.74, 6) is -0.311. The van der Waals surface area contributed by atoms with Crippen LogP contribution in [0.2, 0.25) is 0 Å². The first-order valence-electron chi connectivity index (χ1n) is 9.92. The Morgan fingerprint density at radius 1 is 1.06 bits per heavy atom. The average molecular weight is 448 g/mol. The van der Waals surface area contributed by atoms with Gasteiger partial charge in [0, 0.05) is 6.04 Å². The molecule has 9 heteroatoms. The lowest BCUT2D eigenvalue weighted by atomic mass is 10.1. The molecule has 8 nitrogen and oxygen atoms in total. The predicted molar refractivity (Wildman–Crippen MR) is 122 cm³/mol. The predicted octanol–water partition coefficient (Wildman–Crippen LogP) is 3.02. The van der Waals surface area contributed by atoms with Crippen molar-refractivity contribution in [2.45, 2.75) is 39.3 Å². The van der Waals surface area contributed by atoms with E-state index in [0.717, 1.165) is 17.0 Å². The van der Waals surface area contributed by atoms with Crippen molar-refractivity contribution in [1.82, 2.24) is 5.32 Å². The van der Waals surface area contributed by atoms with Crippen molar-refractivity contribution < 1.29 is 22.7 Å². The number of hydrogen-bond donors (Lipinski definition) is 2. The fourth-order valence-corrected chi connectivity index (χ4v) is 4.14. The second-order valence-corrected chi connectivity index (χ2v) is 9.11. The van der Waals surface area contributed by atoms with Gasteiger partial charge >= 0.3 is 0 Å². The maximum absolute atomic E-state index is 13.0. The Balaban J connectivity index is 2.30. The van der Waals surface area contributed by atoms with E-state index in [2.05, 4.69) is 10.6 Å². The molecule has 2 atom stereocenters. The van der Waals surface area contributed by atoms with Gasteiger partial charge in [-0.1, -0.05) is 19.1 Å². The van der Waals surface area contributed by atoms with Crippen LogP contribution in [0.5, 0.6) is 5.75 Å². The van der Waals surface area contributed by atoms with Gasteiger partial charge in [0.1, 0.15) is 11.8 Å². The minimum atomic E-state index is -3.77. The SMILES string of the molecule is CC[C@H](C)NC(=O)c1ccccc1NC(=O)[C@@H](C)N(c1ccc(OC)cc1)S(C)(=O)=O.